The Bertz CT molecular complexity index is 400. The molecule has 0 unspecified atom stereocenters. The molecular formula is C17H26ClNO. The molecule has 0 saturated heterocycles. The van der Waals surface area contributed by atoms with E-state index in [4.69, 9.17) is 16.3 Å². The first-order valence-electron chi connectivity index (χ1n) is 7.83. The molecule has 0 radical (unpaired) electrons. The van der Waals surface area contributed by atoms with Crippen molar-refractivity contribution in [3.8, 4) is 0 Å². The van der Waals surface area contributed by atoms with Gasteiger partial charge < -0.3 is 10.1 Å². The maximum Gasteiger partial charge on any atom is 0.0810 e. The number of hydrogen-bond donors (Lipinski definition) is 1. The van der Waals surface area contributed by atoms with Crippen LogP contribution in [0.2, 0.25) is 5.02 Å². The van der Waals surface area contributed by atoms with Crippen LogP contribution in [-0.4, -0.2) is 18.7 Å². The predicted octanol–water partition coefficient (Wildman–Crippen LogP) is 4.56. The molecular weight excluding hydrogens is 270 g/mol. The second kappa shape index (κ2) is 8.02. The highest BCUT2D eigenvalue weighted by atomic mass is 35.5. The van der Waals surface area contributed by atoms with Crippen LogP contribution >= 0.6 is 11.6 Å². The molecule has 0 aromatic heterocycles. The molecule has 2 rings (SSSR count). The Hall–Kier alpha value is -0.570. The first-order chi connectivity index (χ1) is 9.74. The normalized spacial score (nSPS) is 18.7. The highest BCUT2D eigenvalue weighted by Crippen LogP contribution is 2.31. The Morgan fingerprint density at radius 3 is 2.60 bits per heavy atom. The number of hydrogen-bond acceptors (Lipinski definition) is 2. The standard InChI is InChI=1S/C17H26ClNO/c1-2-19-14-17(10-5-3-4-6-11-17)20-13-15-8-7-9-16(18)12-15/h7-9,12,19H,2-6,10-11,13-14H2,1H3. The Balaban J connectivity index is 1.99. The molecule has 0 heterocycles. The van der Waals surface area contributed by atoms with Crippen LogP contribution in [0.5, 0.6) is 0 Å². The zero-order valence-electron chi connectivity index (χ0n) is 12.5. The van der Waals surface area contributed by atoms with Crippen LogP contribution < -0.4 is 5.32 Å². The van der Waals surface area contributed by atoms with Crippen LogP contribution in [0, 0.1) is 0 Å². The second-order valence-electron chi connectivity index (χ2n) is 5.80. The van der Waals surface area contributed by atoms with E-state index in [1.807, 2.05) is 18.2 Å². The van der Waals surface area contributed by atoms with Crippen LogP contribution in [0.1, 0.15) is 51.0 Å². The van der Waals surface area contributed by atoms with E-state index in [9.17, 15) is 0 Å². The van der Waals surface area contributed by atoms with Crippen molar-refractivity contribution in [1.29, 1.82) is 0 Å². The SMILES string of the molecule is CCNCC1(OCc2cccc(Cl)c2)CCCCCC1. The number of rotatable bonds is 6. The third-order valence-electron chi connectivity index (χ3n) is 4.15. The molecule has 1 aromatic carbocycles. The van der Waals surface area contributed by atoms with Gasteiger partial charge in [0.1, 0.15) is 0 Å². The van der Waals surface area contributed by atoms with Crippen LogP contribution in [-0.2, 0) is 11.3 Å². The van der Waals surface area contributed by atoms with Crippen LogP contribution in [0.25, 0.3) is 0 Å². The molecule has 1 aliphatic rings. The van der Waals surface area contributed by atoms with E-state index < -0.39 is 0 Å². The van der Waals surface area contributed by atoms with Gasteiger partial charge in [0.05, 0.1) is 12.2 Å². The quantitative estimate of drug-likeness (QED) is 0.777. The van der Waals surface area contributed by atoms with Gasteiger partial charge in [0.2, 0.25) is 0 Å². The number of ether oxygens (including phenoxy) is 1. The lowest BCUT2D eigenvalue weighted by molar-refractivity contribution is -0.0653. The molecule has 0 bridgehead atoms. The maximum atomic E-state index is 6.37. The van der Waals surface area contributed by atoms with Crippen molar-refractivity contribution in [2.24, 2.45) is 0 Å². The van der Waals surface area contributed by atoms with Crippen molar-refractivity contribution in [1.82, 2.24) is 5.32 Å². The summed E-state index contributed by atoms with van der Waals surface area (Å²) in [7, 11) is 0. The monoisotopic (exact) mass is 295 g/mol. The van der Waals surface area contributed by atoms with Crippen molar-refractivity contribution in [2.75, 3.05) is 13.1 Å². The first-order valence-corrected chi connectivity index (χ1v) is 8.21. The highest BCUT2D eigenvalue weighted by Gasteiger charge is 2.31. The summed E-state index contributed by atoms with van der Waals surface area (Å²) in [6.45, 7) is 4.78. The average Bonchev–Trinajstić information content (AvgIpc) is 2.69. The molecule has 1 saturated carbocycles. The molecule has 1 fully saturated rings. The van der Waals surface area contributed by atoms with Gasteiger partial charge in [0.25, 0.3) is 0 Å². The van der Waals surface area contributed by atoms with Gasteiger partial charge in [0.15, 0.2) is 0 Å². The summed E-state index contributed by atoms with van der Waals surface area (Å²) in [5.74, 6) is 0. The highest BCUT2D eigenvalue weighted by molar-refractivity contribution is 6.30. The smallest absolute Gasteiger partial charge is 0.0810 e. The largest absolute Gasteiger partial charge is 0.369 e. The lowest BCUT2D eigenvalue weighted by atomic mass is 9.94. The average molecular weight is 296 g/mol. The molecule has 1 N–H and O–H groups in total. The van der Waals surface area contributed by atoms with Gasteiger partial charge in [-0.2, -0.15) is 0 Å². The Kier molecular flexibility index (Phi) is 6.34. The fourth-order valence-corrected chi connectivity index (χ4v) is 3.17. The third kappa shape index (κ3) is 4.76. The summed E-state index contributed by atoms with van der Waals surface area (Å²) in [5, 5.41) is 4.27. The van der Waals surface area contributed by atoms with E-state index in [0.29, 0.717) is 6.61 Å². The lowest BCUT2D eigenvalue weighted by Crippen LogP contribution is -2.42. The van der Waals surface area contributed by atoms with Gasteiger partial charge in [0, 0.05) is 11.6 Å². The van der Waals surface area contributed by atoms with Gasteiger partial charge >= 0.3 is 0 Å². The molecule has 112 valence electrons. The van der Waals surface area contributed by atoms with Crippen LogP contribution in [0.4, 0.5) is 0 Å². The van der Waals surface area contributed by atoms with E-state index in [1.54, 1.807) is 0 Å². The predicted molar refractivity (Wildman–Crippen MR) is 85.2 cm³/mol. The Morgan fingerprint density at radius 2 is 1.95 bits per heavy atom. The zero-order chi connectivity index (χ0) is 14.3. The minimum absolute atomic E-state index is 0.00876. The van der Waals surface area contributed by atoms with Gasteiger partial charge in [-0.05, 0) is 37.1 Å². The molecule has 3 heteroatoms. The number of nitrogens with one attached hydrogen (secondary N) is 1. The minimum Gasteiger partial charge on any atom is -0.369 e. The van der Waals surface area contributed by atoms with Crippen molar-refractivity contribution >= 4 is 11.6 Å². The first kappa shape index (κ1) is 15.8. The number of halogens is 1. The summed E-state index contributed by atoms with van der Waals surface area (Å²) < 4.78 is 6.37. The summed E-state index contributed by atoms with van der Waals surface area (Å²) in [6, 6.07) is 7.99. The van der Waals surface area contributed by atoms with Crippen molar-refractivity contribution in [2.45, 2.75) is 57.7 Å². The second-order valence-corrected chi connectivity index (χ2v) is 6.23. The molecule has 2 nitrogen and oxygen atoms in total. The van der Waals surface area contributed by atoms with E-state index in [2.05, 4.69) is 18.3 Å². The van der Waals surface area contributed by atoms with Crippen LogP contribution in [0.3, 0.4) is 0 Å². The Morgan fingerprint density at radius 1 is 1.20 bits per heavy atom. The maximum absolute atomic E-state index is 6.37. The molecule has 0 spiro atoms. The molecule has 1 aliphatic carbocycles. The van der Waals surface area contributed by atoms with Gasteiger partial charge in [-0.25, -0.2) is 0 Å². The van der Waals surface area contributed by atoms with Crippen molar-refractivity contribution in [3.63, 3.8) is 0 Å². The Labute approximate surface area is 127 Å². The topological polar surface area (TPSA) is 21.3 Å². The zero-order valence-corrected chi connectivity index (χ0v) is 13.2. The summed E-state index contributed by atoms with van der Waals surface area (Å²) >= 11 is 6.04. The lowest BCUT2D eigenvalue weighted by Gasteiger charge is -2.33. The summed E-state index contributed by atoms with van der Waals surface area (Å²) in [5.41, 5.74) is 1.17. The van der Waals surface area contributed by atoms with E-state index in [1.165, 1.54) is 38.5 Å². The van der Waals surface area contributed by atoms with E-state index >= 15 is 0 Å². The minimum atomic E-state index is 0.00876. The number of likely N-dealkylation sites (N-methyl/N-ethyl adjacent to an activating group) is 1. The van der Waals surface area contributed by atoms with E-state index in [-0.39, 0.29) is 5.60 Å². The molecule has 0 aliphatic heterocycles. The van der Waals surface area contributed by atoms with E-state index in [0.717, 1.165) is 23.7 Å². The van der Waals surface area contributed by atoms with Gasteiger partial charge in [-0.3, -0.25) is 0 Å². The molecule has 0 amide bonds. The van der Waals surface area contributed by atoms with Gasteiger partial charge in [-0.15, -0.1) is 0 Å². The third-order valence-corrected chi connectivity index (χ3v) is 4.38. The van der Waals surface area contributed by atoms with Crippen LogP contribution in [0.15, 0.2) is 24.3 Å². The fourth-order valence-electron chi connectivity index (χ4n) is 2.96. The van der Waals surface area contributed by atoms with Crippen molar-refractivity contribution < 1.29 is 4.74 Å². The summed E-state index contributed by atoms with van der Waals surface area (Å²) in [6.07, 6.45) is 7.58. The molecule has 0 atom stereocenters. The number of benzene rings is 1. The molecule has 1 aromatic rings. The fraction of sp³-hybridized carbons (Fsp3) is 0.647. The molecule has 20 heavy (non-hydrogen) atoms. The van der Waals surface area contributed by atoms with Crippen molar-refractivity contribution in [3.05, 3.63) is 34.9 Å². The summed E-state index contributed by atoms with van der Waals surface area (Å²) in [4.78, 5) is 0. The van der Waals surface area contributed by atoms with Gasteiger partial charge in [-0.1, -0.05) is 56.3 Å².